The number of hydrogen-bond acceptors (Lipinski definition) is 3. The van der Waals surface area contributed by atoms with Crippen molar-refractivity contribution >= 4 is 17.1 Å². The minimum atomic E-state index is -0.187. The van der Waals surface area contributed by atoms with Crippen molar-refractivity contribution in [3.05, 3.63) is 22.4 Å². The second-order valence-corrected chi connectivity index (χ2v) is 5.37. The number of thiophene rings is 1. The molecule has 1 fully saturated rings. The van der Waals surface area contributed by atoms with Crippen molar-refractivity contribution in [2.45, 2.75) is 44.1 Å². The van der Waals surface area contributed by atoms with E-state index in [1.165, 1.54) is 12.8 Å². The average molecular weight is 223 g/mol. The Balaban J connectivity index is 1.87. The van der Waals surface area contributed by atoms with Crippen LogP contribution in [0.1, 0.15) is 37.7 Å². The Labute approximate surface area is 94.5 Å². The highest BCUT2D eigenvalue weighted by atomic mass is 32.1. The van der Waals surface area contributed by atoms with E-state index in [0.717, 1.165) is 18.4 Å². The van der Waals surface area contributed by atoms with Crippen molar-refractivity contribution in [2.24, 2.45) is 5.73 Å². The van der Waals surface area contributed by atoms with Crippen LogP contribution in [-0.4, -0.2) is 11.3 Å². The van der Waals surface area contributed by atoms with Gasteiger partial charge < -0.3 is 5.73 Å². The van der Waals surface area contributed by atoms with Crippen LogP contribution in [0.3, 0.4) is 0 Å². The lowest BCUT2D eigenvalue weighted by Gasteiger charge is -2.22. The van der Waals surface area contributed by atoms with E-state index in [-0.39, 0.29) is 11.3 Å². The summed E-state index contributed by atoms with van der Waals surface area (Å²) in [5, 5.41) is 4.05. The quantitative estimate of drug-likeness (QED) is 0.852. The molecule has 0 saturated heterocycles. The van der Waals surface area contributed by atoms with Gasteiger partial charge in [0.2, 0.25) is 0 Å². The first-order chi connectivity index (χ1) is 7.18. The molecule has 0 amide bonds. The normalized spacial score (nSPS) is 19.3. The number of ketones is 1. The number of nitrogens with two attached hydrogens (primary N) is 1. The van der Waals surface area contributed by atoms with Crippen LogP contribution in [0.2, 0.25) is 0 Å². The first kappa shape index (κ1) is 10.8. The van der Waals surface area contributed by atoms with Crippen molar-refractivity contribution in [3.63, 3.8) is 0 Å². The predicted molar refractivity (Wildman–Crippen MR) is 63.0 cm³/mol. The molecule has 0 spiro atoms. The minimum Gasteiger partial charge on any atom is -0.325 e. The largest absolute Gasteiger partial charge is 0.325 e. The van der Waals surface area contributed by atoms with Gasteiger partial charge in [-0.2, -0.15) is 11.3 Å². The summed E-state index contributed by atoms with van der Waals surface area (Å²) >= 11 is 1.64. The molecular formula is C12H17NOS. The molecule has 1 aliphatic rings. The number of carbonyl (C=O) groups excluding carboxylic acids is 1. The lowest BCUT2D eigenvalue weighted by Crippen LogP contribution is -2.39. The van der Waals surface area contributed by atoms with Gasteiger partial charge in [0.15, 0.2) is 0 Å². The molecule has 0 radical (unpaired) electrons. The first-order valence-electron chi connectivity index (χ1n) is 5.50. The minimum absolute atomic E-state index is 0.187. The zero-order valence-corrected chi connectivity index (χ0v) is 9.69. The van der Waals surface area contributed by atoms with Crippen LogP contribution in [0.4, 0.5) is 0 Å². The summed E-state index contributed by atoms with van der Waals surface area (Å²) in [6, 6.07) is 2.01. The molecule has 15 heavy (non-hydrogen) atoms. The molecule has 1 aliphatic carbocycles. The maximum atomic E-state index is 11.8. The summed E-state index contributed by atoms with van der Waals surface area (Å²) in [7, 11) is 0. The third-order valence-electron chi connectivity index (χ3n) is 3.13. The Bertz CT molecular complexity index is 325. The second kappa shape index (κ2) is 4.45. The fourth-order valence-corrected chi connectivity index (χ4v) is 3.00. The topological polar surface area (TPSA) is 43.1 Å². The fraction of sp³-hybridized carbons (Fsp3) is 0.583. The van der Waals surface area contributed by atoms with E-state index in [9.17, 15) is 4.79 Å². The molecule has 0 unspecified atom stereocenters. The van der Waals surface area contributed by atoms with Crippen LogP contribution in [0, 0.1) is 0 Å². The second-order valence-electron chi connectivity index (χ2n) is 4.59. The molecule has 2 nitrogen and oxygen atoms in total. The maximum Gasteiger partial charge on any atom is 0.139 e. The van der Waals surface area contributed by atoms with E-state index in [0.29, 0.717) is 12.8 Å². The highest BCUT2D eigenvalue weighted by Gasteiger charge is 2.31. The smallest absolute Gasteiger partial charge is 0.139 e. The monoisotopic (exact) mass is 223 g/mol. The van der Waals surface area contributed by atoms with Crippen molar-refractivity contribution in [1.82, 2.24) is 0 Å². The van der Waals surface area contributed by atoms with E-state index >= 15 is 0 Å². The van der Waals surface area contributed by atoms with Crippen LogP contribution in [0.5, 0.6) is 0 Å². The summed E-state index contributed by atoms with van der Waals surface area (Å²) in [4.78, 5) is 11.8. The number of Topliss-reactive ketones (excluding diaryl/α,β-unsaturated/α-hetero) is 1. The zero-order chi connectivity index (χ0) is 10.7. The van der Waals surface area contributed by atoms with Gasteiger partial charge in [-0.25, -0.2) is 0 Å². The zero-order valence-electron chi connectivity index (χ0n) is 8.87. The summed E-state index contributed by atoms with van der Waals surface area (Å²) in [5.41, 5.74) is 7.11. The Morgan fingerprint density at radius 2 is 2.20 bits per heavy atom. The average Bonchev–Trinajstić information content (AvgIpc) is 2.76. The van der Waals surface area contributed by atoms with Crippen LogP contribution in [0.15, 0.2) is 16.8 Å². The van der Waals surface area contributed by atoms with Gasteiger partial charge in [0.1, 0.15) is 5.78 Å². The van der Waals surface area contributed by atoms with Crippen LogP contribution >= 0.6 is 11.3 Å². The number of rotatable bonds is 4. The van der Waals surface area contributed by atoms with Gasteiger partial charge in [-0.1, -0.05) is 12.8 Å². The van der Waals surface area contributed by atoms with Gasteiger partial charge >= 0.3 is 0 Å². The SMILES string of the molecule is NC1(CC(=O)Cc2ccsc2)CCCC1. The standard InChI is InChI=1S/C12H17NOS/c13-12(4-1-2-5-12)8-11(14)7-10-3-6-15-9-10/h3,6,9H,1-2,4-5,7-8,13H2. The van der Waals surface area contributed by atoms with Gasteiger partial charge in [0, 0.05) is 18.4 Å². The first-order valence-corrected chi connectivity index (χ1v) is 6.44. The molecule has 0 aliphatic heterocycles. The van der Waals surface area contributed by atoms with E-state index in [1.807, 2.05) is 16.8 Å². The van der Waals surface area contributed by atoms with E-state index in [1.54, 1.807) is 11.3 Å². The molecule has 1 aromatic heterocycles. The number of hydrogen-bond donors (Lipinski definition) is 1. The van der Waals surface area contributed by atoms with Crippen LogP contribution < -0.4 is 5.73 Å². The third kappa shape index (κ3) is 2.89. The van der Waals surface area contributed by atoms with Gasteiger partial charge in [0.25, 0.3) is 0 Å². The van der Waals surface area contributed by atoms with E-state index in [2.05, 4.69) is 0 Å². The molecule has 82 valence electrons. The van der Waals surface area contributed by atoms with Crippen molar-refractivity contribution in [2.75, 3.05) is 0 Å². The highest BCUT2D eigenvalue weighted by molar-refractivity contribution is 7.07. The molecule has 2 N–H and O–H groups in total. The van der Waals surface area contributed by atoms with Crippen LogP contribution in [0.25, 0.3) is 0 Å². The molecule has 1 heterocycles. The predicted octanol–water partition coefficient (Wildman–Crippen LogP) is 2.52. The highest BCUT2D eigenvalue weighted by Crippen LogP contribution is 2.30. The molecule has 1 aromatic rings. The Morgan fingerprint density at radius 1 is 1.47 bits per heavy atom. The Kier molecular flexibility index (Phi) is 3.22. The summed E-state index contributed by atoms with van der Waals surface area (Å²) in [6.07, 6.45) is 5.51. The van der Waals surface area contributed by atoms with Gasteiger partial charge in [-0.15, -0.1) is 0 Å². The molecule has 1 saturated carbocycles. The van der Waals surface area contributed by atoms with Crippen molar-refractivity contribution in [3.8, 4) is 0 Å². The van der Waals surface area contributed by atoms with Gasteiger partial charge in [-0.05, 0) is 35.2 Å². The lowest BCUT2D eigenvalue weighted by molar-refractivity contribution is -0.119. The third-order valence-corrected chi connectivity index (χ3v) is 3.86. The fourth-order valence-electron chi connectivity index (χ4n) is 2.33. The van der Waals surface area contributed by atoms with Crippen LogP contribution in [-0.2, 0) is 11.2 Å². The van der Waals surface area contributed by atoms with E-state index in [4.69, 9.17) is 5.73 Å². The van der Waals surface area contributed by atoms with Crippen molar-refractivity contribution in [1.29, 1.82) is 0 Å². The molecule has 3 heteroatoms. The summed E-state index contributed by atoms with van der Waals surface area (Å²) in [5.74, 6) is 0.290. The Hall–Kier alpha value is -0.670. The maximum absolute atomic E-state index is 11.8. The molecule has 2 rings (SSSR count). The summed E-state index contributed by atoms with van der Waals surface area (Å²) in [6.45, 7) is 0. The molecular weight excluding hydrogens is 206 g/mol. The van der Waals surface area contributed by atoms with Crippen molar-refractivity contribution < 1.29 is 4.79 Å². The molecule has 0 atom stereocenters. The van der Waals surface area contributed by atoms with Gasteiger partial charge in [0.05, 0.1) is 0 Å². The van der Waals surface area contributed by atoms with E-state index < -0.39 is 0 Å². The lowest BCUT2D eigenvalue weighted by atomic mass is 9.90. The molecule has 0 aromatic carbocycles. The summed E-state index contributed by atoms with van der Waals surface area (Å²) < 4.78 is 0. The Morgan fingerprint density at radius 3 is 2.80 bits per heavy atom. The molecule has 0 bridgehead atoms. The van der Waals surface area contributed by atoms with Gasteiger partial charge in [-0.3, -0.25) is 4.79 Å². The number of carbonyl (C=O) groups is 1.